The van der Waals surface area contributed by atoms with Crippen molar-refractivity contribution in [1.82, 2.24) is 29.9 Å². The number of aromatic nitrogens is 4. The van der Waals surface area contributed by atoms with Crippen molar-refractivity contribution < 1.29 is 19.2 Å². The van der Waals surface area contributed by atoms with Crippen molar-refractivity contribution in [3.05, 3.63) is 60.6 Å². The van der Waals surface area contributed by atoms with Crippen LogP contribution in [-0.4, -0.2) is 81.6 Å². The minimum absolute atomic E-state index is 0.0946. The zero-order chi connectivity index (χ0) is 24.2. The average Bonchev–Trinajstić information content (AvgIpc) is 2.89. The van der Waals surface area contributed by atoms with Gasteiger partial charge in [0, 0.05) is 38.4 Å². The van der Waals surface area contributed by atoms with Crippen LogP contribution in [0.1, 0.15) is 10.5 Å². The Balaban J connectivity index is 1.14. The second-order valence-corrected chi connectivity index (χ2v) is 7.96. The molecule has 11 heteroatoms. The maximum atomic E-state index is 12.7. The molecule has 0 spiro atoms. The number of anilines is 1. The number of ketones is 1. The summed E-state index contributed by atoms with van der Waals surface area (Å²) in [5.74, 6) is 0.324. The molecule has 1 fully saturated rings. The molecule has 0 unspecified atom stereocenters. The maximum Gasteiger partial charge on any atom is 0.430 e. The van der Waals surface area contributed by atoms with E-state index in [2.05, 4.69) is 25.3 Å². The molecule has 0 radical (unpaired) electrons. The second-order valence-electron chi connectivity index (χ2n) is 7.96. The highest BCUT2D eigenvalue weighted by Gasteiger charge is 2.23. The van der Waals surface area contributed by atoms with Crippen LogP contribution in [0.2, 0.25) is 0 Å². The van der Waals surface area contributed by atoms with Gasteiger partial charge in [0.05, 0.1) is 42.1 Å². The average molecular weight is 473 g/mol. The smallest absolute Gasteiger partial charge is 0.430 e. The summed E-state index contributed by atoms with van der Waals surface area (Å²) in [5, 5.41) is 4.29. The van der Waals surface area contributed by atoms with Crippen molar-refractivity contribution in [1.29, 1.82) is 0 Å². The van der Waals surface area contributed by atoms with Gasteiger partial charge in [-0.05, 0) is 24.3 Å². The Morgan fingerprint density at radius 3 is 2.54 bits per heavy atom. The van der Waals surface area contributed by atoms with E-state index in [1.807, 2.05) is 29.2 Å². The van der Waals surface area contributed by atoms with Crippen LogP contribution in [0.5, 0.6) is 5.88 Å². The van der Waals surface area contributed by atoms with Crippen molar-refractivity contribution in [3.63, 3.8) is 0 Å². The third-order valence-electron chi connectivity index (χ3n) is 5.65. The number of amides is 1. The molecule has 1 aliphatic rings. The highest BCUT2D eigenvalue weighted by molar-refractivity contribution is 5.97. The van der Waals surface area contributed by atoms with E-state index >= 15 is 0 Å². The molecule has 1 aromatic carbocycles. The second kappa shape index (κ2) is 9.95. The molecule has 0 aliphatic carbocycles. The largest absolute Gasteiger partial charge is 0.481 e. The molecule has 5 rings (SSSR count). The Morgan fingerprint density at radius 2 is 1.74 bits per heavy atom. The number of hydrogen-bond donors (Lipinski definition) is 1. The highest BCUT2D eigenvalue weighted by Crippen LogP contribution is 2.22. The Kier molecular flexibility index (Phi) is 6.42. The number of methoxy groups -OCH3 is 1. The van der Waals surface area contributed by atoms with Crippen LogP contribution in [0.3, 0.4) is 0 Å². The van der Waals surface area contributed by atoms with Crippen LogP contribution >= 0.6 is 0 Å². The van der Waals surface area contributed by atoms with Crippen LogP contribution in [-0.2, 0) is 4.84 Å². The number of Topliss-reactive ketones (excluding diaryl/α,β-unsaturated/α-hetero) is 1. The number of pyridine rings is 2. The number of para-hydroxylation sites is 2. The van der Waals surface area contributed by atoms with Gasteiger partial charge in [0.15, 0.2) is 5.78 Å². The lowest BCUT2D eigenvalue weighted by Crippen LogP contribution is -2.48. The SMILES string of the molecule is COc1ccc2nccc(NC(=O)ON3CCN(CC(=O)c4cnc5ccccc5n4)CC3)c2n1. The Hall–Kier alpha value is -4.22. The van der Waals surface area contributed by atoms with Crippen molar-refractivity contribution in [2.45, 2.75) is 0 Å². The first-order chi connectivity index (χ1) is 17.1. The molecule has 0 bridgehead atoms. The van der Waals surface area contributed by atoms with Crippen LogP contribution in [0.4, 0.5) is 10.5 Å². The van der Waals surface area contributed by atoms with Gasteiger partial charge >= 0.3 is 6.09 Å². The molecule has 4 heterocycles. The maximum absolute atomic E-state index is 12.7. The van der Waals surface area contributed by atoms with E-state index in [0.29, 0.717) is 60.0 Å². The quantitative estimate of drug-likeness (QED) is 0.418. The standard InChI is InChI=1S/C24H23N7O4/c1-34-22-7-6-18-23(29-22)19(8-9-25-18)28-24(33)35-31-12-10-30(11-13-31)15-21(32)20-14-26-16-4-2-3-5-17(16)27-20/h2-9,14H,10-13,15H2,1H3,(H,25,28,33). The minimum Gasteiger partial charge on any atom is -0.481 e. The number of piperazine rings is 1. The van der Waals surface area contributed by atoms with Crippen molar-refractivity contribution >= 4 is 39.6 Å². The first-order valence-corrected chi connectivity index (χ1v) is 11.1. The van der Waals surface area contributed by atoms with Crippen molar-refractivity contribution in [3.8, 4) is 5.88 Å². The van der Waals surface area contributed by atoms with E-state index in [0.717, 1.165) is 5.52 Å². The summed E-state index contributed by atoms with van der Waals surface area (Å²) < 4.78 is 5.16. The summed E-state index contributed by atoms with van der Waals surface area (Å²) in [6.45, 7) is 2.29. The number of carbonyl (C=O) groups is 2. The van der Waals surface area contributed by atoms with Crippen molar-refractivity contribution in [2.24, 2.45) is 0 Å². The Bertz CT molecular complexity index is 1390. The van der Waals surface area contributed by atoms with Gasteiger partial charge in [-0.2, -0.15) is 0 Å². The fraction of sp³-hybridized carbons (Fsp3) is 0.250. The lowest BCUT2D eigenvalue weighted by molar-refractivity contribution is -0.117. The monoisotopic (exact) mass is 473 g/mol. The summed E-state index contributed by atoms with van der Waals surface area (Å²) in [7, 11) is 1.52. The number of carbonyl (C=O) groups excluding carboxylic acids is 2. The fourth-order valence-electron chi connectivity index (χ4n) is 3.83. The van der Waals surface area contributed by atoms with Gasteiger partial charge in [-0.1, -0.05) is 12.1 Å². The van der Waals surface area contributed by atoms with Gasteiger partial charge in [0.1, 0.15) is 11.2 Å². The molecule has 3 aromatic heterocycles. The normalized spacial score (nSPS) is 14.7. The van der Waals surface area contributed by atoms with E-state index in [9.17, 15) is 9.59 Å². The molecular formula is C24H23N7O4. The number of fused-ring (bicyclic) bond motifs is 2. The number of benzene rings is 1. The number of nitrogens with zero attached hydrogens (tertiary/aromatic N) is 6. The van der Waals surface area contributed by atoms with Crippen LogP contribution in [0, 0.1) is 0 Å². The Labute approximate surface area is 200 Å². The van der Waals surface area contributed by atoms with Crippen LogP contribution < -0.4 is 10.1 Å². The number of ether oxygens (including phenoxy) is 1. The molecule has 1 saturated heterocycles. The van der Waals surface area contributed by atoms with Gasteiger partial charge in [-0.3, -0.25) is 25.0 Å². The Morgan fingerprint density at radius 1 is 0.943 bits per heavy atom. The molecule has 35 heavy (non-hydrogen) atoms. The van der Waals surface area contributed by atoms with E-state index in [1.165, 1.54) is 13.3 Å². The summed E-state index contributed by atoms with van der Waals surface area (Å²) in [5.41, 5.74) is 3.39. The van der Waals surface area contributed by atoms with Gasteiger partial charge in [0.2, 0.25) is 5.88 Å². The number of rotatable bonds is 6. The third kappa shape index (κ3) is 5.15. The summed E-state index contributed by atoms with van der Waals surface area (Å²) >= 11 is 0. The van der Waals surface area contributed by atoms with Crippen LogP contribution in [0.15, 0.2) is 54.9 Å². The van der Waals surface area contributed by atoms with E-state index in [-0.39, 0.29) is 12.3 Å². The van der Waals surface area contributed by atoms with Gasteiger partial charge in [0.25, 0.3) is 0 Å². The molecule has 178 valence electrons. The lowest BCUT2D eigenvalue weighted by atomic mass is 10.2. The summed E-state index contributed by atoms with van der Waals surface area (Å²) in [6, 6.07) is 12.6. The van der Waals surface area contributed by atoms with E-state index < -0.39 is 6.09 Å². The van der Waals surface area contributed by atoms with Gasteiger partial charge < -0.3 is 9.57 Å². The van der Waals surface area contributed by atoms with Gasteiger partial charge in [-0.15, -0.1) is 5.06 Å². The first-order valence-electron chi connectivity index (χ1n) is 11.1. The van der Waals surface area contributed by atoms with Gasteiger partial charge in [-0.25, -0.2) is 14.8 Å². The zero-order valence-electron chi connectivity index (χ0n) is 19.0. The van der Waals surface area contributed by atoms with Crippen LogP contribution in [0.25, 0.3) is 22.1 Å². The van der Waals surface area contributed by atoms with E-state index in [4.69, 9.17) is 9.57 Å². The topological polar surface area (TPSA) is 123 Å². The first kappa shape index (κ1) is 22.6. The predicted octanol–water partition coefficient (Wildman–Crippen LogP) is 2.55. The number of nitrogens with one attached hydrogen (secondary N) is 1. The lowest BCUT2D eigenvalue weighted by Gasteiger charge is -2.32. The molecule has 1 aliphatic heterocycles. The molecule has 11 nitrogen and oxygen atoms in total. The summed E-state index contributed by atoms with van der Waals surface area (Å²) in [4.78, 5) is 50.0. The molecule has 0 atom stereocenters. The number of hydrogen-bond acceptors (Lipinski definition) is 10. The molecular weight excluding hydrogens is 450 g/mol. The fourth-order valence-corrected chi connectivity index (χ4v) is 3.83. The molecule has 1 amide bonds. The van der Waals surface area contributed by atoms with Crippen molar-refractivity contribution in [2.75, 3.05) is 45.2 Å². The molecule has 1 N–H and O–H groups in total. The van der Waals surface area contributed by atoms with E-state index in [1.54, 1.807) is 29.5 Å². The summed E-state index contributed by atoms with van der Waals surface area (Å²) in [6.07, 6.45) is 2.47. The highest BCUT2D eigenvalue weighted by atomic mass is 16.7. The zero-order valence-corrected chi connectivity index (χ0v) is 19.0. The minimum atomic E-state index is -0.627. The third-order valence-corrected chi connectivity index (χ3v) is 5.65. The molecule has 4 aromatic rings. The predicted molar refractivity (Wildman–Crippen MR) is 128 cm³/mol. The number of hydroxylamine groups is 2. The molecule has 0 saturated carbocycles.